The SMILES string of the molecule is CCCCCCCCCCCCC(C(=O)C(C(=O)O)[N+](C)(C)C)N(C)C. The average molecular weight is 372 g/mol. The van der Waals surface area contributed by atoms with Gasteiger partial charge in [0.2, 0.25) is 11.8 Å². The van der Waals surface area contributed by atoms with Crippen LogP contribution in [0.1, 0.15) is 77.6 Å². The molecule has 1 N–H and O–H groups in total. The predicted octanol–water partition coefficient (Wildman–Crippen LogP) is 3.96. The first kappa shape index (κ1) is 25.1. The molecule has 0 bridgehead atoms. The van der Waals surface area contributed by atoms with Crippen LogP contribution in [0.15, 0.2) is 0 Å². The third-order valence-electron chi connectivity index (χ3n) is 5.06. The fourth-order valence-corrected chi connectivity index (χ4v) is 3.50. The minimum absolute atomic E-state index is 0.122. The summed E-state index contributed by atoms with van der Waals surface area (Å²) in [5.74, 6) is -1.21. The Hall–Kier alpha value is -0.940. The van der Waals surface area contributed by atoms with Gasteiger partial charge in [-0.2, -0.15) is 0 Å². The predicted molar refractivity (Wildman–Crippen MR) is 108 cm³/mol. The molecule has 5 heteroatoms. The number of hydrogen-bond donors (Lipinski definition) is 1. The summed E-state index contributed by atoms with van der Waals surface area (Å²) in [5, 5.41) is 9.50. The lowest BCUT2D eigenvalue weighted by Crippen LogP contribution is -2.58. The number of Topliss-reactive ketones (excluding diaryl/α,β-unsaturated/α-hetero) is 1. The van der Waals surface area contributed by atoms with Crippen molar-refractivity contribution in [2.75, 3.05) is 35.2 Å². The molecule has 0 aliphatic heterocycles. The van der Waals surface area contributed by atoms with Crippen LogP contribution in [0.25, 0.3) is 0 Å². The third-order valence-corrected chi connectivity index (χ3v) is 5.06. The monoisotopic (exact) mass is 371 g/mol. The fourth-order valence-electron chi connectivity index (χ4n) is 3.50. The Kier molecular flexibility index (Phi) is 12.8. The summed E-state index contributed by atoms with van der Waals surface area (Å²) in [6.07, 6.45) is 13.3. The van der Waals surface area contributed by atoms with E-state index in [9.17, 15) is 14.7 Å². The summed E-state index contributed by atoms with van der Waals surface area (Å²) in [5.41, 5.74) is 0. The van der Waals surface area contributed by atoms with Crippen LogP contribution in [-0.2, 0) is 9.59 Å². The van der Waals surface area contributed by atoms with Crippen LogP contribution in [0.4, 0.5) is 0 Å². The van der Waals surface area contributed by atoms with Crippen molar-refractivity contribution in [3.63, 3.8) is 0 Å². The van der Waals surface area contributed by atoms with Crippen molar-refractivity contribution in [3.05, 3.63) is 0 Å². The summed E-state index contributed by atoms with van der Waals surface area (Å²) < 4.78 is 0.122. The molecule has 0 saturated heterocycles. The van der Waals surface area contributed by atoms with Crippen molar-refractivity contribution in [1.82, 2.24) is 4.90 Å². The quantitative estimate of drug-likeness (QED) is 0.253. The van der Waals surface area contributed by atoms with Crippen molar-refractivity contribution < 1.29 is 19.2 Å². The van der Waals surface area contributed by atoms with Gasteiger partial charge in [-0.05, 0) is 20.5 Å². The van der Waals surface area contributed by atoms with Gasteiger partial charge in [-0.3, -0.25) is 9.69 Å². The molecule has 2 atom stereocenters. The molecular formula is C21H43N2O3+. The molecule has 2 unspecified atom stereocenters. The highest BCUT2D eigenvalue weighted by Crippen LogP contribution is 2.17. The molecule has 0 rings (SSSR count). The summed E-state index contributed by atoms with van der Waals surface area (Å²) in [4.78, 5) is 26.3. The first-order valence-corrected chi connectivity index (χ1v) is 10.4. The van der Waals surface area contributed by atoms with Gasteiger partial charge < -0.3 is 9.59 Å². The van der Waals surface area contributed by atoms with Gasteiger partial charge >= 0.3 is 5.97 Å². The van der Waals surface area contributed by atoms with E-state index in [2.05, 4.69) is 6.92 Å². The number of carboxylic acid groups (broad SMARTS) is 1. The Labute approximate surface area is 161 Å². The number of hydrogen-bond acceptors (Lipinski definition) is 3. The number of ketones is 1. The molecule has 0 amide bonds. The largest absolute Gasteiger partial charge is 0.476 e. The van der Waals surface area contributed by atoms with Crippen molar-refractivity contribution in [3.8, 4) is 0 Å². The van der Waals surface area contributed by atoms with Gasteiger partial charge in [-0.15, -0.1) is 0 Å². The molecule has 0 aliphatic carbocycles. The number of carbonyl (C=O) groups is 2. The standard InChI is InChI=1S/C21H42N2O3/c1-7-8-9-10-11-12-13-14-15-16-17-18(22(2)3)20(24)19(21(25)26)23(4,5)6/h18-19H,7-17H2,1-6H3/p+1. The molecule has 26 heavy (non-hydrogen) atoms. The number of carbonyl (C=O) groups excluding carboxylic acids is 1. The number of carboxylic acids is 1. The third kappa shape index (κ3) is 10.3. The number of rotatable bonds is 16. The van der Waals surface area contributed by atoms with E-state index in [-0.39, 0.29) is 16.3 Å². The van der Waals surface area contributed by atoms with Gasteiger partial charge in [0.1, 0.15) is 0 Å². The average Bonchev–Trinajstić information content (AvgIpc) is 2.50. The van der Waals surface area contributed by atoms with Gasteiger partial charge in [0, 0.05) is 0 Å². The van der Waals surface area contributed by atoms with Crippen molar-refractivity contribution in [2.45, 2.75) is 89.6 Å². The summed E-state index contributed by atoms with van der Waals surface area (Å²) >= 11 is 0. The van der Waals surface area contributed by atoms with Crippen molar-refractivity contribution in [1.29, 1.82) is 0 Å². The fraction of sp³-hybridized carbons (Fsp3) is 0.905. The second kappa shape index (κ2) is 13.3. The van der Waals surface area contributed by atoms with E-state index in [1.54, 1.807) is 21.1 Å². The maximum absolute atomic E-state index is 12.8. The van der Waals surface area contributed by atoms with E-state index in [4.69, 9.17) is 0 Å². The van der Waals surface area contributed by atoms with E-state index >= 15 is 0 Å². The Morgan fingerprint density at radius 1 is 0.846 bits per heavy atom. The smallest absolute Gasteiger partial charge is 0.370 e. The molecule has 0 aromatic heterocycles. The number of aliphatic carboxylic acids is 1. The molecular weight excluding hydrogens is 328 g/mol. The molecule has 0 aromatic rings. The van der Waals surface area contributed by atoms with Gasteiger partial charge in [0.15, 0.2) is 0 Å². The first-order valence-electron chi connectivity index (χ1n) is 10.4. The highest BCUT2D eigenvalue weighted by molar-refractivity contribution is 6.03. The Bertz CT molecular complexity index is 403. The van der Waals surface area contributed by atoms with E-state index in [1.807, 2.05) is 19.0 Å². The van der Waals surface area contributed by atoms with E-state index < -0.39 is 12.0 Å². The van der Waals surface area contributed by atoms with Crippen LogP contribution in [0.5, 0.6) is 0 Å². The Morgan fingerprint density at radius 2 is 1.27 bits per heavy atom. The number of unbranched alkanes of at least 4 members (excludes halogenated alkanes) is 9. The van der Waals surface area contributed by atoms with Crippen LogP contribution in [0.2, 0.25) is 0 Å². The molecule has 5 nitrogen and oxygen atoms in total. The van der Waals surface area contributed by atoms with Gasteiger partial charge in [0.25, 0.3) is 0 Å². The first-order chi connectivity index (χ1) is 12.1. The molecule has 0 saturated carbocycles. The molecule has 0 aliphatic rings. The van der Waals surface area contributed by atoms with Crippen LogP contribution in [0, 0.1) is 0 Å². The number of quaternary nitrogens is 1. The second-order valence-corrected chi connectivity index (χ2v) is 8.71. The Morgan fingerprint density at radius 3 is 1.62 bits per heavy atom. The van der Waals surface area contributed by atoms with Gasteiger partial charge in [0.05, 0.1) is 27.2 Å². The van der Waals surface area contributed by atoms with Crippen molar-refractivity contribution >= 4 is 11.8 Å². The zero-order valence-electron chi connectivity index (χ0n) is 18.1. The summed E-state index contributed by atoms with van der Waals surface area (Å²) in [6.45, 7) is 2.24. The highest BCUT2D eigenvalue weighted by Gasteiger charge is 2.42. The van der Waals surface area contributed by atoms with Crippen LogP contribution in [0.3, 0.4) is 0 Å². The summed E-state index contributed by atoms with van der Waals surface area (Å²) in [7, 11) is 9.04. The normalized spacial score (nSPS) is 14.4. The minimum atomic E-state index is -1.03. The highest BCUT2D eigenvalue weighted by atomic mass is 16.4. The molecule has 0 spiro atoms. The molecule has 0 aromatic carbocycles. The lowest BCUT2D eigenvalue weighted by atomic mass is 9.96. The van der Waals surface area contributed by atoms with Crippen LogP contribution >= 0.6 is 0 Å². The Balaban J connectivity index is 4.25. The maximum atomic E-state index is 12.8. The zero-order valence-corrected chi connectivity index (χ0v) is 18.1. The molecule has 0 heterocycles. The lowest BCUT2D eigenvalue weighted by molar-refractivity contribution is -0.878. The second-order valence-electron chi connectivity index (χ2n) is 8.71. The van der Waals surface area contributed by atoms with Gasteiger partial charge in [-0.25, -0.2) is 4.79 Å². The topological polar surface area (TPSA) is 57.6 Å². The zero-order chi connectivity index (χ0) is 20.2. The number of likely N-dealkylation sites (N-methyl/N-ethyl adjacent to an activating group) is 2. The minimum Gasteiger partial charge on any atom is -0.476 e. The van der Waals surface area contributed by atoms with Gasteiger partial charge in [-0.1, -0.05) is 71.1 Å². The molecule has 0 radical (unpaired) electrons. The number of nitrogens with zero attached hydrogens (tertiary/aromatic N) is 2. The van der Waals surface area contributed by atoms with E-state index in [0.29, 0.717) is 0 Å². The molecule has 0 fully saturated rings. The van der Waals surface area contributed by atoms with Crippen molar-refractivity contribution in [2.24, 2.45) is 0 Å². The van der Waals surface area contributed by atoms with Crippen LogP contribution in [-0.4, -0.2) is 73.6 Å². The maximum Gasteiger partial charge on any atom is 0.370 e. The van der Waals surface area contributed by atoms with E-state index in [1.165, 1.54) is 51.4 Å². The van der Waals surface area contributed by atoms with E-state index in [0.717, 1.165) is 19.3 Å². The lowest BCUT2D eigenvalue weighted by Gasteiger charge is -2.33. The van der Waals surface area contributed by atoms with Crippen LogP contribution < -0.4 is 0 Å². The molecule has 154 valence electrons. The summed E-state index contributed by atoms with van der Waals surface area (Å²) in [6, 6.07) is -1.33.